The number of hydrogen-bond donors (Lipinski definition) is 2. The van der Waals surface area contributed by atoms with Gasteiger partial charge in [-0.15, -0.1) is 0 Å². The van der Waals surface area contributed by atoms with Gasteiger partial charge in [0.1, 0.15) is 0 Å². The van der Waals surface area contributed by atoms with Gasteiger partial charge in [-0.2, -0.15) is 0 Å². The summed E-state index contributed by atoms with van der Waals surface area (Å²) in [6.07, 6.45) is 1.33. The topological polar surface area (TPSA) is 40.5 Å². The second-order valence-corrected chi connectivity index (χ2v) is 4.82. The second-order valence-electron chi connectivity index (χ2n) is 4.82. The quantitative estimate of drug-likeness (QED) is 0.796. The summed E-state index contributed by atoms with van der Waals surface area (Å²) < 4.78 is 0. The molecule has 0 amide bonds. The van der Waals surface area contributed by atoms with Gasteiger partial charge in [-0.05, 0) is 39.2 Å². The highest BCUT2D eigenvalue weighted by Gasteiger charge is 2.36. The SMILES string of the molecule is CC(C)(O)C(C)(O)CCc1ccccc1. The van der Waals surface area contributed by atoms with E-state index in [4.69, 9.17) is 0 Å². The molecule has 2 N–H and O–H groups in total. The van der Waals surface area contributed by atoms with Crippen LogP contribution in [0.5, 0.6) is 0 Å². The van der Waals surface area contributed by atoms with E-state index in [9.17, 15) is 10.2 Å². The minimum Gasteiger partial charge on any atom is -0.387 e. The van der Waals surface area contributed by atoms with E-state index in [0.717, 1.165) is 6.42 Å². The van der Waals surface area contributed by atoms with Crippen LogP contribution < -0.4 is 0 Å². The van der Waals surface area contributed by atoms with Crippen molar-refractivity contribution < 1.29 is 10.2 Å². The molecule has 0 aromatic heterocycles. The van der Waals surface area contributed by atoms with E-state index in [-0.39, 0.29) is 0 Å². The largest absolute Gasteiger partial charge is 0.387 e. The summed E-state index contributed by atoms with van der Waals surface area (Å²) in [7, 11) is 0. The van der Waals surface area contributed by atoms with Gasteiger partial charge in [-0.1, -0.05) is 30.3 Å². The fraction of sp³-hybridized carbons (Fsp3) is 0.538. The average Bonchev–Trinajstić information content (AvgIpc) is 2.15. The Morgan fingerprint density at radius 1 is 1.00 bits per heavy atom. The molecular formula is C13H20O2. The second kappa shape index (κ2) is 4.33. The van der Waals surface area contributed by atoms with Crippen LogP contribution in [0.15, 0.2) is 30.3 Å². The van der Waals surface area contributed by atoms with Gasteiger partial charge in [-0.25, -0.2) is 0 Å². The lowest BCUT2D eigenvalue weighted by Gasteiger charge is -2.35. The van der Waals surface area contributed by atoms with Crippen LogP contribution in [-0.2, 0) is 6.42 Å². The maximum absolute atomic E-state index is 10.1. The van der Waals surface area contributed by atoms with E-state index in [1.165, 1.54) is 5.56 Å². The van der Waals surface area contributed by atoms with E-state index < -0.39 is 11.2 Å². The van der Waals surface area contributed by atoms with E-state index in [1.807, 2.05) is 30.3 Å². The van der Waals surface area contributed by atoms with Gasteiger partial charge in [-0.3, -0.25) is 0 Å². The molecule has 0 spiro atoms. The highest BCUT2D eigenvalue weighted by Crippen LogP contribution is 2.26. The van der Waals surface area contributed by atoms with Crippen molar-refractivity contribution in [2.75, 3.05) is 0 Å². The summed E-state index contributed by atoms with van der Waals surface area (Å²) in [5.74, 6) is 0. The third-order valence-electron chi connectivity index (χ3n) is 3.06. The van der Waals surface area contributed by atoms with E-state index in [1.54, 1.807) is 20.8 Å². The standard InChI is InChI=1S/C13H20O2/c1-12(2,14)13(3,15)10-9-11-7-5-4-6-8-11/h4-8,14-15H,9-10H2,1-3H3. The smallest absolute Gasteiger partial charge is 0.0903 e. The van der Waals surface area contributed by atoms with Gasteiger partial charge in [0.25, 0.3) is 0 Å². The van der Waals surface area contributed by atoms with Crippen molar-refractivity contribution in [3.63, 3.8) is 0 Å². The van der Waals surface area contributed by atoms with E-state index in [2.05, 4.69) is 0 Å². The van der Waals surface area contributed by atoms with Crippen molar-refractivity contribution >= 4 is 0 Å². The summed E-state index contributed by atoms with van der Waals surface area (Å²) in [4.78, 5) is 0. The van der Waals surface area contributed by atoms with E-state index >= 15 is 0 Å². The van der Waals surface area contributed by atoms with Gasteiger partial charge in [0.05, 0.1) is 11.2 Å². The third-order valence-corrected chi connectivity index (χ3v) is 3.06. The normalized spacial score (nSPS) is 16.1. The highest BCUT2D eigenvalue weighted by atomic mass is 16.3. The number of benzene rings is 1. The molecule has 0 fully saturated rings. The lowest BCUT2D eigenvalue weighted by Crippen LogP contribution is -2.47. The molecule has 0 aliphatic carbocycles. The molecule has 0 radical (unpaired) electrons. The van der Waals surface area contributed by atoms with Gasteiger partial charge < -0.3 is 10.2 Å². The van der Waals surface area contributed by atoms with Crippen LogP contribution in [0.25, 0.3) is 0 Å². The van der Waals surface area contributed by atoms with Crippen molar-refractivity contribution in [1.82, 2.24) is 0 Å². The molecule has 1 aromatic rings. The Morgan fingerprint density at radius 2 is 1.53 bits per heavy atom. The number of aryl methyl sites for hydroxylation is 1. The monoisotopic (exact) mass is 208 g/mol. The Morgan fingerprint density at radius 3 is 2.00 bits per heavy atom. The summed E-state index contributed by atoms with van der Waals surface area (Å²) in [6.45, 7) is 4.95. The first-order valence-electron chi connectivity index (χ1n) is 5.32. The van der Waals surface area contributed by atoms with Crippen LogP contribution >= 0.6 is 0 Å². The predicted octanol–water partition coefficient (Wildman–Crippen LogP) is 2.14. The van der Waals surface area contributed by atoms with Gasteiger partial charge >= 0.3 is 0 Å². The van der Waals surface area contributed by atoms with Crippen molar-refractivity contribution in [2.24, 2.45) is 0 Å². The number of aliphatic hydroxyl groups is 2. The first-order valence-corrected chi connectivity index (χ1v) is 5.32. The molecule has 1 rings (SSSR count). The summed E-state index contributed by atoms with van der Waals surface area (Å²) in [6, 6.07) is 9.99. The number of rotatable bonds is 4. The van der Waals surface area contributed by atoms with Crippen LogP contribution in [0.3, 0.4) is 0 Å². The number of hydrogen-bond acceptors (Lipinski definition) is 2. The molecule has 1 unspecified atom stereocenters. The summed E-state index contributed by atoms with van der Waals surface area (Å²) in [5.41, 5.74) is -0.938. The minimum absolute atomic E-state index is 0.556. The maximum Gasteiger partial charge on any atom is 0.0903 e. The Hall–Kier alpha value is -0.860. The maximum atomic E-state index is 10.1. The van der Waals surface area contributed by atoms with E-state index in [0.29, 0.717) is 6.42 Å². The molecule has 15 heavy (non-hydrogen) atoms. The van der Waals surface area contributed by atoms with Crippen molar-refractivity contribution in [3.8, 4) is 0 Å². The van der Waals surface area contributed by atoms with Crippen LogP contribution in [0.4, 0.5) is 0 Å². The van der Waals surface area contributed by atoms with Gasteiger partial charge in [0.2, 0.25) is 0 Å². The summed E-state index contributed by atoms with van der Waals surface area (Å²) >= 11 is 0. The Balaban J connectivity index is 2.58. The average molecular weight is 208 g/mol. The first-order chi connectivity index (χ1) is 6.83. The van der Waals surface area contributed by atoms with Crippen LogP contribution in [0.1, 0.15) is 32.8 Å². The molecule has 1 atom stereocenters. The molecule has 1 aromatic carbocycles. The first kappa shape index (κ1) is 12.2. The third kappa shape index (κ3) is 3.33. The molecular weight excluding hydrogens is 188 g/mol. The zero-order valence-corrected chi connectivity index (χ0v) is 9.70. The molecule has 0 aliphatic heterocycles. The molecule has 0 heterocycles. The van der Waals surface area contributed by atoms with Crippen LogP contribution in [-0.4, -0.2) is 21.4 Å². The van der Waals surface area contributed by atoms with Crippen LogP contribution in [0, 0.1) is 0 Å². The van der Waals surface area contributed by atoms with Crippen LogP contribution in [0.2, 0.25) is 0 Å². The Bertz CT molecular complexity index is 296. The zero-order chi connectivity index (χ0) is 11.5. The van der Waals surface area contributed by atoms with Gasteiger partial charge in [0, 0.05) is 0 Å². The fourth-order valence-electron chi connectivity index (χ4n) is 1.34. The Kier molecular flexibility index (Phi) is 3.53. The molecule has 0 bridgehead atoms. The van der Waals surface area contributed by atoms with Crippen molar-refractivity contribution in [2.45, 2.75) is 44.8 Å². The lowest BCUT2D eigenvalue weighted by atomic mass is 9.83. The Labute approximate surface area is 91.6 Å². The van der Waals surface area contributed by atoms with Gasteiger partial charge in [0.15, 0.2) is 0 Å². The van der Waals surface area contributed by atoms with Crippen molar-refractivity contribution in [3.05, 3.63) is 35.9 Å². The predicted molar refractivity (Wildman–Crippen MR) is 61.7 cm³/mol. The fourth-order valence-corrected chi connectivity index (χ4v) is 1.34. The van der Waals surface area contributed by atoms with Crippen molar-refractivity contribution in [1.29, 1.82) is 0 Å². The molecule has 0 saturated carbocycles. The zero-order valence-electron chi connectivity index (χ0n) is 9.70. The lowest BCUT2D eigenvalue weighted by molar-refractivity contribution is -0.123. The molecule has 0 aliphatic rings. The minimum atomic E-state index is -1.07. The molecule has 84 valence electrons. The highest BCUT2D eigenvalue weighted by molar-refractivity contribution is 5.15. The molecule has 2 nitrogen and oxygen atoms in total. The molecule has 0 saturated heterocycles. The summed E-state index contributed by atoms with van der Waals surface area (Å²) in [5, 5.41) is 19.8. The molecule has 2 heteroatoms.